The first-order chi connectivity index (χ1) is 6.54. The molecular formula is C8H6ClNO4. The van der Waals surface area contributed by atoms with Crippen LogP contribution < -0.4 is 0 Å². The number of carbonyl (C=O) groups is 2. The van der Waals surface area contributed by atoms with E-state index < -0.39 is 17.9 Å². The highest BCUT2D eigenvalue weighted by Crippen LogP contribution is 2.22. The molecule has 0 spiro atoms. The molecule has 0 fully saturated rings. The second-order valence-corrected chi connectivity index (χ2v) is 2.89. The van der Waals surface area contributed by atoms with E-state index in [1.54, 1.807) is 0 Å². The first kappa shape index (κ1) is 10.5. The number of hydrogen-bond acceptors (Lipinski definition) is 3. The smallest absolute Gasteiger partial charge is 0.324 e. The van der Waals surface area contributed by atoms with Crippen LogP contribution in [0, 0.1) is 0 Å². The van der Waals surface area contributed by atoms with Crippen LogP contribution in [0.4, 0.5) is 0 Å². The van der Waals surface area contributed by atoms with Gasteiger partial charge in [0.25, 0.3) is 0 Å². The number of hydrogen-bond donors (Lipinski definition) is 2. The number of carboxylic acid groups (broad SMARTS) is 2. The van der Waals surface area contributed by atoms with E-state index in [0.717, 1.165) is 0 Å². The second kappa shape index (κ2) is 4.06. The second-order valence-electron chi connectivity index (χ2n) is 2.48. The standard InChI is InChI=1S/C8H6ClNO4/c9-4-2-1-3-10-6(4)5(7(11)12)8(13)14/h1-3,5H,(H,11,12)(H,13,14). The fraction of sp³-hybridized carbons (Fsp3) is 0.125. The van der Waals surface area contributed by atoms with Crippen molar-refractivity contribution in [2.45, 2.75) is 5.92 Å². The number of carboxylic acids is 2. The van der Waals surface area contributed by atoms with Crippen LogP contribution in [0.5, 0.6) is 0 Å². The summed E-state index contributed by atoms with van der Waals surface area (Å²) in [4.78, 5) is 24.9. The zero-order valence-corrected chi connectivity index (χ0v) is 7.60. The van der Waals surface area contributed by atoms with Gasteiger partial charge in [-0.2, -0.15) is 0 Å². The molecule has 0 atom stereocenters. The number of pyridine rings is 1. The van der Waals surface area contributed by atoms with E-state index in [4.69, 9.17) is 21.8 Å². The van der Waals surface area contributed by atoms with Crippen LogP contribution in [0.1, 0.15) is 11.6 Å². The van der Waals surface area contributed by atoms with Crippen molar-refractivity contribution < 1.29 is 19.8 Å². The molecule has 74 valence electrons. The number of aliphatic carboxylic acids is 2. The Labute approximate surface area is 84.0 Å². The molecule has 14 heavy (non-hydrogen) atoms. The third-order valence-corrected chi connectivity index (χ3v) is 1.87. The van der Waals surface area contributed by atoms with E-state index in [0.29, 0.717) is 0 Å². The number of nitrogens with zero attached hydrogens (tertiary/aromatic N) is 1. The summed E-state index contributed by atoms with van der Waals surface area (Å²) in [6.07, 6.45) is 1.29. The molecule has 0 aliphatic rings. The molecule has 1 aromatic rings. The van der Waals surface area contributed by atoms with Gasteiger partial charge in [-0.3, -0.25) is 14.6 Å². The summed E-state index contributed by atoms with van der Waals surface area (Å²) >= 11 is 5.62. The largest absolute Gasteiger partial charge is 0.480 e. The van der Waals surface area contributed by atoms with Crippen LogP contribution in [0.3, 0.4) is 0 Å². The van der Waals surface area contributed by atoms with Crippen molar-refractivity contribution >= 4 is 23.5 Å². The fourth-order valence-corrected chi connectivity index (χ4v) is 1.18. The van der Waals surface area contributed by atoms with Gasteiger partial charge < -0.3 is 10.2 Å². The Hall–Kier alpha value is -1.62. The maximum atomic E-state index is 10.6. The van der Waals surface area contributed by atoms with Gasteiger partial charge in [-0.05, 0) is 12.1 Å². The maximum absolute atomic E-state index is 10.6. The summed E-state index contributed by atoms with van der Waals surface area (Å²) in [6, 6.07) is 2.88. The summed E-state index contributed by atoms with van der Waals surface area (Å²) in [7, 11) is 0. The fourth-order valence-electron chi connectivity index (χ4n) is 0.950. The van der Waals surface area contributed by atoms with E-state index in [9.17, 15) is 9.59 Å². The molecule has 0 saturated heterocycles. The van der Waals surface area contributed by atoms with Crippen molar-refractivity contribution in [3.8, 4) is 0 Å². The minimum absolute atomic E-state index is 0.0299. The van der Waals surface area contributed by atoms with Gasteiger partial charge in [0.1, 0.15) is 0 Å². The molecule has 0 aliphatic heterocycles. The van der Waals surface area contributed by atoms with Crippen LogP contribution in [0.15, 0.2) is 18.3 Å². The molecule has 2 N–H and O–H groups in total. The summed E-state index contributed by atoms with van der Waals surface area (Å²) in [5.74, 6) is -4.69. The lowest BCUT2D eigenvalue weighted by Crippen LogP contribution is -2.22. The average molecular weight is 216 g/mol. The zero-order chi connectivity index (χ0) is 10.7. The Morgan fingerprint density at radius 3 is 2.36 bits per heavy atom. The number of aromatic nitrogens is 1. The van der Waals surface area contributed by atoms with E-state index in [1.807, 2.05) is 0 Å². The molecule has 0 radical (unpaired) electrons. The summed E-state index contributed by atoms with van der Waals surface area (Å²) in [5.41, 5.74) is -0.158. The number of rotatable bonds is 3. The van der Waals surface area contributed by atoms with E-state index >= 15 is 0 Å². The molecule has 6 heteroatoms. The molecule has 0 aromatic carbocycles. The lowest BCUT2D eigenvalue weighted by atomic mass is 10.1. The van der Waals surface area contributed by atoms with Crippen LogP contribution in [-0.2, 0) is 9.59 Å². The maximum Gasteiger partial charge on any atom is 0.324 e. The van der Waals surface area contributed by atoms with Crippen molar-refractivity contribution in [1.82, 2.24) is 4.98 Å². The molecule has 0 aliphatic carbocycles. The zero-order valence-electron chi connectivity index (χ0n) is 6.85. The summed E-state index contributed by atoms with van der Waals surface area (Å²) in [6.45, 7) is 0. The predicted octanol–water partition coefficient (Wildman–Crippen LogP) is 0.988. The normalized spacial score (nSPS) is 10.1. The Morgan fingerprint density at radius 1 is 1.36 bits per heavy atom. The third-order valence-electron chi connectivity index (χ3n) is 1.55. The minimum Gasteiger partial charge on any atom is -0.480 e. The van der Waals surface area contributed by atoms with Crippen LogP contribution in [-0.4, -0.2) is 27.1 Å². The first-order valence-corrected chi connectivity index (χ1v) is 3.98. The molecule has 0 amide bonds. The molecule has 0 saturated carbocycles. The van der Waals surface area contributed by atoms with Gasteiger partial charge in [0.05, 0.1) is 10.7 Å². The highest BCUT2D eigenvalue weighted by molar-refractivity contribution is 6.31. The van der Waals surface area contributed by atoms with Crippen LogP contribution in [0.2, 0.25) is 5.02 Å². The molecule has 1 heterocycles. The first-order valence-electron chi connectivity index (χ1n) is 3.60. The molecule has 0 bridgehead atoms. The minimum atomic E-state index is -1.72. The highest BCUT2D eigenvalue weighted by atomic mass is 35.5. The van der Waals surface area contributed by atoms with Crippen molar-refractivity contribution in [2.75, 3.05) is 0 Å². The van der Waals surface area contributed by atoms with Gasteiger partial charge in [-0.25, -0.2) is 0 Å². The van der Waals surface area contributed by atoms with E-state index in [1.165, 1.54) is 18.3 Å². The van der Waals surface area contributed by atoms with Gasteiger partial charge in [-0.1, -0.05) is 11.6 Å². The molecule has 1 aromatic heterocycles. The molecule has 0 unspecified atom stereocenters. The monoisotopic (exact) mass is 215 g/mol. The summed E-state index contributed by atoms with van der Waals surface area (Å²) in [5, 5.41) is 17.3. The predicted molar refractivity (Wildman–Crippen MR) is 47.3 cm³/mol. The Kier molecular flexibility index (Phi) is 3.03. The van der Waals surface area contributed by atoms with Gasteiger partial charge in [0.15, 0.2) is 5.92 Å². The quantitative estimate of drug-likeness (QED) is 0.734. The lowest BCUT2D eigenvalue weighted by Gasteiger charge is -2.07. The van der Waals surface area contributed by atoms with Gasteiger partial charge in [0, 0.05) is 6.20 Å². The molecule has 1 rings (SSSR count). The van der Waals surface area contributed by atoms with Gasteiger partial charge in [-0.15, -0.1) is 0 Å². The Balaban J connectivity index is 3.18. The summed E-state index contributed by atoms with van der Waals surface area (Å²) < 4.78 is 0. The van der Waals surface area contributed by atoms with Crippen LogP contribution >= 0.6 is 11.6 Å². The molecule has 5 nitrogen and oxygen atoms in total. The van der Waals surface area contributed by atoms with Crippen molar-refractivity contribution in [2.24, 2.45) is 0 Å². The molecular weight excluding hydrogens is 210 g/mol. The topological polar surface area (TPSA) is 87.5 Å². The highest BCUT2D eigenvalue weighted by Gasteiger charge is 2.30. The number of halogens is 1. The van der Waals surface area contributed by atoms with Gasteiger partial charge >= 0.3 is 11.9 Å². The Morgan fingerprint density at radius 2 is 1.93 bits per heavy atom. The van der Waals surface area contributed by atoms with E-state index in [-0.39, 0.29) is 10.7 Å². The lowest BCUT2D eigenvalue weighted by molar-refractivity contribution is -0.150. The van der Waals surface area contributed by atoms with Crippen molar-refractivity contribution in [3.63, 3.8) is 0 Å². The van der Waals surface area contributed by atoms with Crippen LogP contribution in [0.25, 0.3) is 0 Å². The van der Waals surface area contributed by atoms with Gasteiger partial charge in [0.2, 0.25) is 0 Å². The third kappa shape index (κ3) is 2.00. The van der Waals surface area contributed by atoms with Crippen molar-refractivity contribution in [1.29, 1.82) is 0 Å². The van der Waals surface area contributed by atoms with E-state index in [2.05, 4.69) is 4.98 Å². The Bertz CT molecular complexity index is 365. The van der Waals surface area contributed by atoms with Crippen molar-refractivity contribution in [3.05, 3.63) is 29.0 Å². The SMILES string of the molecule is O=C(O)C(C(=O)O)c1ncccc1Cl. The average Bonchev–Trinajstić information content (AvgIpc) is 2.07.